The summed E-state index contributed by atoms with van der Waals surface area (Å²) in [6, 6.07) is 0. The predicted octanol–water partition coefficient (Wildman–Crippen LogP) is -0.601. The van der Waals surface area contributed by atoms with Crippen molar-refractivity contribution in [1.29, 1.82) is 0 Å². The average Bonchev–Trinajstić information content (AvgIpc) is 2.89. The largest absolute Gasteiger partial charge is 0.350 e. The van der Waals surface area contributed by atoms with E-state index in [1.54, 1.807) is 12.4 Å². The van der Waals surface area contributed by atoms with Gasteiger partial charge in [-0.3, -0.25) is 4.79 Å². The summed E-state index contributed by atoms with van der Waals surface area (Å²) in [7, 11) is 0. The van der Waals surface area contributed by atoms with Gasteiger partial charge in [0.2, 0.25) is 0 Å². The molecule has 2 aromatic rings. The van der Waals surface area contributed by atoms with Gasteiger partial charge in [0.05, 0.1) is 0 Å². The number of carbonyl (C=O) groups is 1. The van der Waals surface area contributed by atoms with Crippen molar-refractivity contribution in [1.82, 2.24) is 25.3 Å². The average molecular weight is 221 g/mol. The van der Waals surface area contributed by atoms with E-state index in [4.69, 9.17) is 0 Å². The van der Waals surface area contributed by atoms with Crippen molar-refractivity contribution in [3.63, 3.8) is 0 Å². The maximum atomic E-state index is 11.5. The lowest BCUT2D eigenvalue weighted by molar-refractivity contribution is 0.0949. The molecule has 4 N–H and O–H groups in total. The molecule has 2 rings (SSSR count). The summed E-state index contributed by atoms with van der Waals surface area (Å²) in [5.41, 5.74) is -0.166. The molecule has 1 amide bonds. The van der Waals surface area contributed by atoms with Crippen molar-refractivity contribution in [2.75, 3.05) is 6.54 Å². The molecule has 84 valence electrons. The van der Waals surface area contributed by atoms with Gasteiger partial charge in [-0.25, -0.2) is 9.78 Å². The Labute approximate surface area is 90.3 Å². The van der Waals surface area contributed by atoms with Crippen LogP contribution in [-0.2, 0) is 6.42 Å². The molecule has 7 nitrogen and oxygen atoms in total. The number of nitrogens with one attached hydrogen (secondary N) is 4. The van der Waals surface area contributed by atoms with Crippen molar-refractivity contribution < 1.29 is 4.79 Å². The monoisotopic (exact) mass is 221 g/mol. The van der Waals surface area contributed by atoms with Crippen LogP contribution in [0.2, 0.25) is 0 Å². The summed E-state index contributed by atoms with van der Waals surface area (Å²) >= 11 is 0. The molecule has 2 heterocycles. The Kier molecular flexibility index (Phi) is 2.86. The van der Waals surface area contributed by atoms with E-state index in [2.05, 4.69) is 25.3 Å². The molecule has 16 heavy (non-hydrogen) atoms. The summed E-state index contributed by atoms with van der Waals surface area (Å²) in [6.45, 7) is 0.458. The van der Waals surface area contributed by atoms with Gasteiger partial charge in [0.25, 0.3) is 5.91 Å². The molecule has 0 radical (unpaired) electrons. The van der Waals surface area contributed by atoms with E-state index in [9.17, 15) is 9.59 Å². The van der Waals surface area contributed by atoms with Crippen LogP contribution in [0.1, 0.15) is 16.3 Å². The second kappa shape index (κ2) is 4.47. The van der Waals surface area contributed by atoms with Crippen molar-refractivity contribution in [2.45, 2.75) is 6.42 Å². The minimum atomic E-state index is -0.392. The third kappa shape index (κ3) is 2.38. The van der Waals surface area contributed by atoms with Gasteiger partial charge in [0.15, 0.2) is 0 Å². The minimum Gasteiger partial charge on any atom is -0.350 e. The lowest BCUT2D eigenvalue weighted by Gasteiger charge is -2.00. The first kappa shape index (κ1) is 10.2. The van der Waals surface area contributed by atoms with Crippen LogP contribution in [0, 0.1) is 0 Å². The molecule has 7 heteroatoms. The third-order valence-electron chi connectivity index (χ3n) is 2.04. The molecule has 0 aliphatic carbocycles. The van der Waals surface area contributed by atoms with E-state index < -0.39 is 5.69 Å². The topological polar surface area (TPSA) is 106 Å². The first-order valence-corrected chi connectivity index (χ1v) is 4.80. The van der Waals surface area contributed by atoms with Gasteiger partial charge in [-0.15, -0.1) is 0 Å². The van der Waals surface area contributed by atoms with Gasteiger partial charge >= 0.3 is 5.69 Å². The molecule has 0 fully saturated rings. The van der Waals surface area contributed by atoms with E-state index in [1.165, 1.54) is 6.20 Å². The molecule has 0 aliphatic heterocycles. The van der Waals surface area contributed by atoms with Crippen LogP contribution in [0.25, 0.3) is 0 Å². The molecular formula is C9H11N5O2. The summed E-state index contributed by atoms with van der Waals surface area (Å²) in [6.07, 6.45) is 5.33. The fourth-order valence-electron chi connectivity index (χ4n) is 1.28. The van der Waals surface area contributed by atoms with Crippen LogP contribution in [0.15, 0.2) is 23.4 Å². The zero-order chi connectivity index (χ0) is 11.4. The van der Waals surface area contributed by atoms with Gasteiger partial charge in [-0.1, -0.05) is 0 Å². The number of nitrogens with zero attached hydrogens (tertiary/aromatic N) is 1. The molecule has 0 aromatic carbocycles. The number of aromatic nitrogens is 4. The molecule has 0 bridgehead atoms. The van der Waals surface area contributed by atoms with Crippen LogP contribution in [0.5, 0.6) is 0 Å². The van der Waals surface area contributed by atoms with E-state index in [-0.39, 0.29) is 11.6 Å². The van der Waals surface area contributed by atoms with E-state index >= 15 is 0 Å². The van der Waals surface area contributed by atoms with Gasteiger partial charge in [0, 0.05) is 31.6 Å². The Bertz CT molecular complexity index is 510. The molecule has 0 unspecified atom stereocenters. The number of aromatic amines is 3. The number of hydrogen-bond acceptors (Lipinski definition) is 3. The van der Waals surface area contributed by atoms with Crippen LogP contribution >= 0.6 is 0 Å². The Morgan fingerprint density at radius 1 is 1.44 bits per heavy atom. The smallest absolute Gasteiger partial charge is 0.323 e. The highest BCUT2D eigenvalue weighted by Gasteiger charge is 2.06. The van der Waals surface area contributed by atoms with Crippen LogP contribution in [0.4, 0.5) is 0 Å². The number of hydrogen-bond donors (Lipinski definition) is 4. The molecule has 2 aromatic heterocycles. The molecule has 0 saturated heterocycles. The second-order valence-electron chi connectivity index (χ2n) is 3.20. The van der Waals surface area contributed by atoms with Gasteiger partial charge in [-0.05, 0) is 0 Å². The number of imidazole rings is 2. The highest BCUT2D eigenvalue weighted by molar-refractivity contribution is 5.91. The van der Waals surface area contributed by atoms with Crippen LogP contribution in [-0.4, -0.2) is 32.4 Å². The number of carbonyl (C=O) groups excluding carboxylic acids is 1. The lowest BCUT2D eigenvalue weighted by Crippen LogP contribution is -2.26. The highest BCUT2D eigenvalue weighted by Crippen LogP contribution is 1.90. The second-order valence-corrected chi connectivity index (χ2v) is 3.20. The third-order valence-corrected chi connectivity index (χ3v) is 2.04. The normalized spacial score (nSPS) is 10.2. The van der Waals surface area contributed by atoms with E-state index in [0.717, 1.165) is 5.82 Å². The van der Waals surface area contributed by atoms with Crippen molar-refractivity contribution >= 4 is 5.91 Å². The number of rotatable bonds is 4. The van der Waals surface area contributed by atoms with Crippen molar-refractivity contribution in [3.05, 3.63) is 40.6 Å². The zero-order valence-corrected chi connectivity index (χ0v) is 8.41. The Balaban J connectivity index is 1.82. The van der Waals surface area contributed by atoms with Crippen molar-refractivity contribution in [2.24, 2.45) is 0 Å². The van der Waals surface area contributed by atoms with Crippen LogP contribution in [0.3, 0.4) is 0 Å². The van der Waals surface area contributed by atoms with Crippen LogP contribution < -0.4 is 11.0 Å². The SMILES string of the molecule is O=C(NCCc1ncc[nH]1)c1c[nH]c(=O)[nH]1. The van der Waals surface area contributed by atoms with E-state index in [1.807, 2.05) is 0 Å². The first-order chi connectivity index (χ1) is 7.75. The molecule has 0 atom stereocenters. The minimum absolute atomic E-state index is 0.226. The van der Waals surface area contributed by atoms with Gasteiger partial charge in [0.1, 0.15) is 11.5 Å². The zero-order valence-electron chi connectivity index (χ0n) is 8.41. The summed E-state index contributed by atoms with van der Waals surface area (Å²) in [5.74, 6) is 0.493. The Hall–Kier alpha value is -2.31. The summed E-state index contributed by atoms with van der Waals surface area (Å²) in [5, 5.41) is 2.66. The Morgan fingerprint density at radius 3 is 2.94 bits per heavy atom. The summed E-state index contributed by atoms with van der Waals surface area (Å²) < 4.78 is 0. The van der Waals surface area contributed by atoms with E-state index in [0.29, 0.717) is 13.0 Å². The molecule has 0 spiro atoms. The van der Waals surface area contributed by atoms with Gasteiger partial charge < -0.3 is 20.3 Å². The van der Waals surface area contributed by atoms with Gasteiger partial charge in [-0.2, -0.15) is 0 Å². The highest BCUT2D eigenvalue weighted by atomic mass is 16.2. The summed E-state index contributed by atoms with van der Waals surface area (Å²) in [4.78, 5) is 33.9. The predicted molar refractivity (Wildman–Crippen MR) is 56.0 cm³/mol. The quantitative estimate of drug-likeness (QED) is 0.553. The first-order valence-electron chi connectivity index (χ1n) is 4.80. The van der Waals surface area contributed by atoms with Crippen molar-refractivity contribution in [3.8, 4) is 0 Å². The molecule has 0 saturated carbocycles. The molecule has 0 aliphatic rings. The maximum Gasteiger partial charge on any atom is 0.323 e. The Morgan fingerprint density at radius 2 is 2.31 bits per heavy atom. The standard InChI is InChI=1S/C9H11N5O2/c15-8(6-5-13-9(16)14-6)12-2-1-7-10-3-4-11-7/h3-5H,1-2H2,(H,10,11)(H,12,15)(H2,13,14,16). The number of amides is 1. The fraction of sp³-hybridized carbons (Fsp3) is 0.222. The fourth-order valence-corrected chi connectivity index (χ4v) is 1.28. The molecular weight excluding hydrogens is 210 g/mol. The number of H-pyrrole nitrogens is 3. The lowest BCUT2D eigenvalue weighted by atomic mass is 10.4. The maximum absolute atomic E-state index is 11.5.